The number of carbonyl (C=O) groups is 1. The lowest BCUT2D eigenvalue weighted by atomic mass is 10.1. The summed E-state index contributed by atoms with van der Waals surface area (Å²) in [7, 11) is -3.47. The molecule has 0 saturated heterocycles. The summed E-state index contributed by atoms with van der Waals surface area (Å²) in [6.07, 6.45) is 1.03. The second kappa shape index (κ2) is 8.70. The average Bonchev–Trinajstić information content (AvgIpc) is 2.54. The summed E-state index contributed by atoms with van der Waals surface area (Å²) in [5.41, 5.74) is 1.06. The second-order valence-corrected chi connectivity index (χ2v) is 8.55. The molecule has 25 heavy (non-hydrogen) atoms. The quantitative estimate of drug-likeness (QED) is 0.760. The predicted molar refractivity (Wildman–Crippen MR) is 101 cm³/mol. The molecule has 0 aliphatic rings. The molecule has 0 radical (unpaired) electrons. The third kappa shape index (κ3) is 5.46. The Morgan fingerprint density at radius 3 is 2.36 bits per heavy atom. The van der Waals surface area contributed by atoms with Gasteiger partial charge in [-0.05, 0) is 48.7 Å². The first kappa shape index (κ1) is 19.8. The summed E-state index contributed by atoms with van der Waals surface area (Å²) in [5.74, 6) is -0.401. The molecule has 2 rings (SSSR count). The van der Waals surface area contributed by atoms with Gasteiger partial charge in [-0.1, -0.05) is 42.3 Å². The maximum Gasteiger partial charge on any atom is 0.252 e. The van der Waals surface area contributed by atoms with Crippen molar-refractivity contribution in [2.75, 3.05) is 12.3 Å². The maximum atomic E-state index is 12.4. The molecular formula is C18H19Cl2NO3S. The zero-order valence-electron chi connectivity index (χ0n) is 13.8. The van der Waals surface area contributed by atoms with Crippen LogP contribution in [0.2, 0.25) is 10.0 Å². The molecular weight excluding hydrogens is 381 g/mol. The Kier molecular flexibility index (Phi) is 6.87. The van der Waals surface area contributed by atoms with Gasteiger partial charge in [-0.25, -0.2) is 8.42 Å². The van der Waals surface area contributed by atoms with Gasteiger partial charge >= 0.3 is 0 Å². The Morgan fingerprint density at radius 2 is 1.72 bits per heavy atom. The molecule has 0 bridgehead atoms. The number of amides is 1. The molecule has 0 unspecified atom stereocenters. The van der Waals surface area contributed by atoms with Crippen molar-refractivity contribution in [3.8, 4) is 0 Å². The number of hydrogen-bond donors (Lipinski definition) is 1. The van der Waals surface area contributed by atoms with E-state index in [9.17, 15) is 13.2 Å². The highest BCUT2D eigenvalue weighted by Gasteiger charge is 2.21. The Labute approximate surface area is 158 Å². The Morgan fingerprint density at radius 1 is 1.08 bits per heavy atom. The Bertz CT molecular complexity index is 846. The summed E-state index contributed by atoms with van der Waals surface area (Å²) in [5, 5.41) is 3.82. The Balaban J connectivity index is 2.09. The first-order valence-corrected chi connectivity index (χ1v) is 10.3. The zero-order valence-corrected chi connectivity index (χ0v) is 16.1. The fourth-order valence-electron chi connectivity index (χ4n) is 2.47. The van der Waals surface area contributed by atoms with Crippen LogP contribution >= 0.6 is 23.2 Å². The molecule has 0 heterocycles. The maximum absolute atomic E-state index is 12.4. The number of benzene rings is 2. The van der Waals surface area contributed by atoms with E-state index in [0.717, 1.165) is 5.56 Å². The number of rotatable bonds is 7. The molecule has 2 aromatic carbocycles. The second-order valence-electron chi connectivity index (χ2n) is 5.60. The lowest BCUT2D eigenvalue weighted by Gasteiger charge is -2.11. The van der Waals surface area contributed by atoms with Crippen molar-refractivity contribution >= 4 is 38.9 Å². The van der Waals surface area contributed by atoms with E-state index in [2.05, 4.69) is 5.32 Å². The van der Waals surface area contributed by atoms with Crippen molar-refractivity contribution in [2.45, 2.75) is 24.7 Å². The molecule has 0 fully saturated rings. The van der Waals surface area contributed by atoms with E-state index in [0.29, 0.717) is 29.4 Å². The fraction of sp³-hybridized carbons (Fsp3) is 0.278. The van der Waals surface area contributed by atoms with Gasteiger partial charge in [0.25, 0.3) is 5.91 Å². The van der Waals surface area contributed by atoms with Gasteiger partial charge in [-0.2, -0.15) is 0 Å². The third-order valence-corrected chi connectivity index (χ3v) is 5.97. The zero-order chi connectivity index (χ0) is 18.4. The molecule has 1 N–H and O–H groups in total. The average molecular weight is 400 g/mol. The van der Waals surface area contributed by atoms with Crippen LogP contribution in [-0.2, 0) is 16.3 Å². The minimum atomic E-state index is -3.47. The van der Waals surface area contributed by atoms with Gasteiger partial charge < -0.3 is 5.32 Å². The van der Waals surface area contributed by atoms with Gasteiger partial charge in [0.1, 0.15) is 0 Å². The van der Waals surface area contributed by atoms with Gasteiger partial charge in [0.15, 0.2) is 9.84 Å². The lowest BCUT2D eigenvalue weighted by molar-refractivity contribution is 0.0951. The Hall–Kier alpha value is -1.56. The molecule has 7 heteroatoms. The summed E-state index contributed by atoms with van der Waals surface area (Å²) in [6.45, 7) is 2.13. The standard InChI is InChI=1S/C18H19Cl2NO3S/c1-2-9-25(23,24)17-6-4-3-5-16(17)18(22)21-8-7-13-10-14(19)12-15(20)11-13/h3-6,10-12H,2,7-9H2,1H3,(H,21,22). The number of nitrogens with one attached hydrogen (secondary N) is 1. The molecule has 0 saturated carbocycles. The van der Waals surface area contributed by atoms with Crippen molar-refractivity contribution in [1.82, 2.24) is 5.32 Å². The van der Waals surface area contributed by atoms with Gasteiger partial charge in [-0.15, -0.1) is 0 Å². The smallest absolute Gasteiger partial charge is 0.252 e. The van der Waals surface area contributed by atoms with Crippen LogP contribution in [0.4, 0.5) is 0 Å². The summed E-state index contributed by atoms with van der Waals surface area (Å²) < 4.78 is 24.6. The highest BCUT2D eigenvalue weighted by atomic mass is 35.5. The van der Waals surface area contributed by atoms with E-state index in [-0.39, 0.29) is 16.2 Å². The van der Waals surface area contributed by atoms with Crippen molar-refractivity contribution in [2.24, 2.45) is 0 Å². The highest BCUT2D eigenvalue weighted by molar-refractivity contribution is 7.91. The van der Waals surface area contributed by atoms with Crippen LogP contribution in [0.1, 0.15) is 29.3 Å². The molecule has 0 spiro atoms. The molecule has 0 atom stereocenters. The van der Waals surface area contributed by atoms with E-state index >= 15 is 0 Å². The summed E-state index contributed by atoms with van der Waals surface area (Å²) >= 11 is 11.9. The first-order chi connectivity index (χ1) is 11.8. The minimum Gasteiger partial charge on any atom is -0.352 e. The van der Waals surface area contributed by atoms with E-state index in [1.165, 1.54) is 12.1 Å². The summed E-state index contributed by atoms with van der Waals surface area (Å²) in [6, 6.07) is 11.5. The molecule has 0 aliphatic heterocycles. The SMILES string of the molecule is CCCS(=O)(=O)c1ccccc1C(=O)NCCc1cc(Cl)cc(Cl)c1. The van der Waals surface area contributed by atoms with Crippen molar-refractivity contribution in [1.29, 1.82) is 0 Å². The third-order valence-electron chi connectivity index (χ3n) is 3.56. The van der Waals surface area contributed by atoms with Gasteiger partial charge in [0.2, 0.25) is 0 Å². The molecule has 1 amide bonds. The molecule has 134 valence electrons. The van der Waals surface area contributed by atoms with E-state index in [1.807, 2.05) is 0 Å². The minimum absolute atomic E-state index is 0.0122. The number of hydrogen-bond acceptors (Lipinski definition) is 3. The van der Waals surface area contributed by atoms with Gasteiger partial charge in [-0.3, -0.25) is 4.79 Å². The molecule has 2 aromatic rings. The molecule has 4 nitrogen and oxygen atoms in total. The number of halogens is 2. The van der Waals surface area contributed by atoms with E-state index in [1.54, 1.807) is 37.3 Å². The number of sulfone groups is 1. The topological polar surface area (TPSA) is 63.2 Å². The number of carbonyl (C=O) groups excluding carboxylic acids is 1. The normalized spacial score (nSPS) is 11.3. The lowest BCUT2D eigenvalue weighted by Crippen LogP contribution is -2.27. The predicted octanol–water partition coefficient (Wildman–Crippen LogP) is 4.15. The molecule has 0 aliphatic carbocycles. The van der Waals surface area contributed by atoms with Crippen LogP contribution in [0, 0.1) is 0 Å². The molecule has 0 aromatic heterocycles. The van der Waals surface area contributed by atoms with Gasteiger partial charge in [0.05, 0.1) is 16.2 Å². The van der Waals surface area contributed by atoms with Gasteiger partial charge in [0, 0.05) is 16.6 Å². The van der Waals surface area contributed by atoms with Crippen LogP contribution in [0.25, 0.3) is 0 Å². The van der Waals surface area contributed by atoms with Crippen LogP contribution < -0.4 is 5.32 Å². The van der Waals surface area contributed by atoms with E-state index < -0.39 is 15.7 Å². The largest absolute Gasteiger partial charge is 0.352 e. The van der Waals surface area contributed by atoms with E-state index in [4.69, 9.17) is 23.2 Å². The van der Waals surface area contributed by atoms with Crippen LogP contribution in [0.3, 0.4) is 0 Å². The van der Waals surface area contributed by atoms with Crippen LogP contribution in [-0.4, -0.2) is 26.6 Å². The van der Waals surface area contributed by atoms with Crippen molar-refractivity contribution in [3.05, 3.63) is 63.6 Å². The fourth-order valence-corrected chi connectivity index (χ4v) is 4.59. The highest BCUT2D eigenvalue weighted by Crippen LogP contribution is 2.20. The van der Waals surface area contributed by atoms with Crippen molar-refractivity contribution < 1.29 is 13.2 Å². The summed E-state index contributed by atoms with van der Waals surface area (Å²) in [4.78, 5) is 12.5. The first-order valence-electron chi connectivity index (χ1n) is 7.88. The monoisotopic (exact) mass is 399 g/mol. The van der Waals surface area contributed by atoms with Crippen molar-refractivity contribution in [3.63, 3.8) is 0 Å². The van der Waals surface area contributed by atoms with Crippen LogP contribution in [0.5, 0.6) is 0 Å². The van der Waals surface area contributed by atoms with Crippen LogP contribution in [0.15, 0.2) is 47.4 Å².